The van der Waals surface area contributed by atoms with Crippen LogP contribution < -0.4 is 5.32 Å². The van der Waals surface area contributed by atoms with E-state index in [-0.39, 0.29) is 15.7 Å². The van der Waals surface area contributed by atoms with E-state index < -0.39 is 23.4 Å². The van der Waals surface area contributed by atoms with Crippen LogP contribution in [0.3, 0.4) is 0 Å². The number of hydrogen-bond acceptors (Lipinski definition) is 1. The molecule has 2 nitrogen and oxygen atoms in total. The largest absolute Gasteiger partial charge is 0.319 e. The smallest absolute Gasteiger partial charge is 0.255 e. The molecule has 0 saturated heterocycles. The number of halogens is 4. The molecule has 0 aromatic heterocycles. The minimum atomic E-state index is -0.793. The van der Waals surface area contributed by atoms with E-state index >= 15 is 0 Å². The first-order valence-electron chi connectivity index (χ1n) is 5.19. The molecule has 0 saturated carbocycles. The van der Waals surface area contributed by atoms with Crippen molar-refractivity contribution in [3.05, 3.63) is 63.9 Å². The van der Waals surface area contributed by atoms with Crippen LogP contribution in [0.15, 0.2) is 40.9 Å². The lowest BCUT2D eigenvalue weighted by Gasteiger charge is -2.07. The van der Waals surface area contributed by atoms with Gasteiger partial charge in [-0.1, -0.05) is 6.07 Å². The minimum absolute atomic E-state index is 0.0164. The molecule has 0 aliphatic heterocycles. The highest BCUT2D eigenvalue weighted by Crippen LogP contribution is 2.23. The summed E-state index contributed by atoms with van der Waals surface area (Å²) in [7, 11) is 0. The molecule has 0 bridgehead atoms. The summed E-state index contributed by atoms with van der Waals surface area (Å²) >= 11 is 2.82. The normalized spacial score (nSPS) is 10.3. The van der Waals surface area contributed by atoms with Crippen LogP contribution in [0.1, 0.15) is 10.4 Å². The molecule has 2 rings (SSSR count). The molecular weight excluding hydrogens is 323 g/mol. The lowest BCUT2D eigenvalue weighted by atomic mass is 10.2. The van der Waals surface area contributed by atoms with Crippen molar-refractivity contribution in [2.24, 2.45) is 0 Å². The van der Waals surface area contributed by atoms with Gasteiger partial charge < -0.3 is 5.32 Å². The highest BCUT2D eigenvalue weighted by atomic mass is 79.9. The molecule has 2 aromatic rings. The summed E-state index contributed by atoms with van der Waals surface area (Å²) in [6, 6.07) is 6.64. The van der Waals surface area contributed by atoms with Gasteiger partial charge in [0.15, 0.2) is 0 Å². The van der Waals surface area contributed by atoms with Gasteiger partial charge in [0.25, 0.3) is 5.91 Å². The fraction of sp³-hybridized carbons (Fsp3) is 0. The Morgan fingerprint density at radius 3 is 2.47 bits per heavy atom. The van der Waals surface area contributed by atoms with Gasteiger partial charge in [-0.15, -0.1) is 0 Å². The Morgan fingerprint density at radius 1 is 1.05 bits per heavy atom. The minimum Gasteiger partial charge on any atom is -0.319 e. The van der Waals surface area contributed by atoms with Crippen LogP contribution in [0, 0.1) is 17.5 Å². The summed E-state index contributed by atoms with van der Waals surface area (Å²) in [5, 5.41) is 2.18. The van der Waals surface area contributed by atoms with Crippen LogP contribution in [0.25, 0.3) is 0 Å². The van der Waals surface area contributed by atoms with Gasteiger partial charge in [-0.05, 0) is 40.2 Å². The van der Waals surface area contributed by atoms with E-state index in [0.29, 0.717) is 0 Å². The summed E-state index contributed by atoms with van der Waals surface area (Å²) in [6.07, 6.45) is 0. The molecule has 0 fully saturated rings. The van der Waals surface area contributed by atoms with Crippen molar-refractivity contribution >= 4 is 27.5 Å². The quantitative estimate of drug-likeness (QED) is 0.825. The monoisotopic (exact) mass is 329 g/mol. The van der Waals surface area contributed by atoms with E-state index in [1.165, 1.54) is 18.2 Å². The van der Waals surface area contributed by atoms with Gasteiger partial charge >= 0.3 is 0 Å². The van der Waals surface area contributed by atoms with Crippen molar-refractivity contribution in [3.63, 3.8) is 0 Å². The molecule has 0 atom stereocenters. The fourth-order valence-electron chi connectivity index (χ4n) is 1.44. The third kappa shape index (κ3) is 3.14. The topological polar surface area (TPSA) is 29.1 Å². The Balaban J connectivity index is 2.27. The molecule has 2 aromatic carbocycles. The van der Waals surface area contributed by atoms with Gasteiger partial charge in [0.05, 0.1) is 10.2 Å². The second kappa shape index (κ2) is 5.44. The second-order valence-electron chi connectivity index (χ2n) is 3.71. The van der Waals surface area contributed by atoms with Gasteiger partial charge in [-0.25, -0.2) is 13.2 Å². The third-order valence-corrected chi connectivity index (χ3v) is 2.95. The number of hydrogen-bond donors (Lipinski definition) is 1. The number of carbonyl (C=O) groups excluding carboxylic acids is 1. The first-order valence-corrected chi connectivity index (χ1v) is 5.98. The predicted octanol–water partition coefficient (Wildman–Crippen LogP) is 4.12. The van der Waals surface area contributed by atoms with Gasteiger partial charge in [0.2, 0.25) is 0 Å². The molecule has 0 aliphatic carbocycles. The summed E-state index contributed by atoms with van der Waals surface area (Å²) in [5.74, 6) is -2.82. The van der Waals surface area contributed by atoms with Gasteiger partial charge in [-0.3, -0.25) is 4.79 Å². The molecule has 19 heavy (non-hydrogen) atoms. The Hall–Kier alpha value is -1.82. The third-order valence-electron chi connectivity index (χ3n) is 2.34. The number of carbonyl (C=O) groups is 1. The molecule has 6 heteroatoms. The lowest BCUT2D eigenvalue weighted by molar-refractivity contribution is 0.102. The van der Waals surface area contributed by atoms with Crippen molar-refractivity contribution in [2.75, 3.05) is 5.32 Å². The van der Waals surface area contributed by atoms with E-state index in [9.17, 15) is 18.0 Å². The van der Waals surface area contributed by atoms with Gasteiger partial charge in [0, 0.05) is 11.6 Å². The van der Waals surface area contributed by atoms with E-state index in [1.807, 2.05) is 0 Å². The zero-order chi connectivity index (χ0) is 14.0. The van der Waals surface area contributed by atoms with Crippen molar-refractivity contribution in [3.8, 4) is 0 Å². The SMILES string of the molecule is O=C(Nc1cc(F)c(Br)cc1F)c1cccc(F)c1. The Labute approximate surface area is 115 Å². The van der Waals surface area contributed by atoms with Crippen LogP contribution in [0.2, 0.25) is 0 Å². The second-order valence-corrected chi connectivity index (χ2v) is 4.56. The molecule has 0 spiro atoms. The first-order chi connectivity index (χ1) is 8.97. The van der Waals surface area contributed by atoms with E-state index in [0.717, 1.165) is 18.2 Å². The predicted molar refractivity (Wildman–Crippen MR) is 68.4 cm³/mol. The number of anilines is 1. The number of rotatable bonds is 2. The lowest BCUT2D eigenvalue weighted by Crippen LogP contribution is -2.13. The van der Waals surface area contributed by atoms with Gasteiger partial charge in [0.1, 0.15) is 17.5 Å². The van der Waals surface area contributed by atoms with Crippen molar-refractivity contribution < 1.29 is 18.0 Å². The van der Waals surface area contributed by atoms with E-state index in [1.54, 1.807) is 0 Å². The maximum Gasteiger partial charge on any atom is 0.255 e. The maximum absolute atomic E-state index is 13.5. The molecular formula is C13H7BrF3NO. The first kappa shape index (κ1) is 13.6. The molecule has 0 unspecified atom stereocenters. The molecule has 0 aliphatic rings. The Kier molecular flexibility index (Phi) is 3.90. The van der Waals surface area contributed by atoms with E-state index in [2.05, 4.69) is 21.2 Å². The molecule has 0 radical (unpaired) electrons. The fourth-order valence-corrected chi connectivity index (χ4v) is 1.76. The zero-order valence-electron chi connectivity index (χ0n) is 9.38. The van der Waals surface area contributed by atoms with Crippen LogP contribution in [0.5, 0.6) is 0 Å². The molecule has 1 amide bonds. The summed E-state index contributed by atoms with van der Waals surface area (Å²) in [6.45, 7) is 0. The number of nitrogens with one attached hydrogen (secondary N) is 1. The van der Waals surface area contributed by atoms with Crippen LogP contribution in [-0.4, -0.2) is 5.91 Å². The average Bonchev–Trinajstić information content (AvgIpc) is 2.36. The van der Waals surface area contributed by atoms with Crippen molar-refractivity contribution in [1.29, 1.82) is 0 Å². The molecule has 1 N–H and O–H groups in total. The van der Waals surface area contributed by atoms with E-state index in [4.69, 9.17) is 0 Å². The summed E-state index contributed by atoms with van der Waals surface area (Å²) in [5.41, 5.74) is -0.294. The van der Waals surface area contributed by atoms with Crippen molar-refractivity contribution in [1.82, 2.24) is 0 Å². The maximum atomic E-state index is 13.5. The van der Waals surface area contributed by atoms with Crippen LogP contribution in [-0.2, 0) is 0 Å². The highest BCUT2D eigenvalue weighted by molar-refractivity contribution is 9.10. The molecule has 0 heterocycles. The summed E-state index contributed by atoms with van der Waals surface area (Å²) in [4.78, 5) is 11.7. The standard InChI is InChI=1S/C13H7BrF3NO/c14-9-5-11(17)12(6-10(9)16)18-13(19)7-2-1-3-8(15)4-7/h1-6H,(H,18,19). The average molecular weight is 330 g/mol. The Bertz CT molecular complexity index is 646. The zero-order valence-corrected chi connectivity index (χ0v) is 11.0. The number of amides is 1. The highest BCUT2D eigenvalue weighted by Gasteiger charge is 2.12. The van der Waals surface area contributed by atoms with Gasteiger partial charge in [-0.2, -0.15) is 0 Å². The van der Waals surface area contributed by atoms with Crippen molar-refractivity contribution in [2.45, 2.75) is 0 Å². The summed E-state index contributed by atoms with van der Waals surface area (Å²) < 4.78 is 39.6. The molecule has 98 valence electrons. The number of benzene rings is 2. The Morgan fingerprint density at radius 2 is 1.79 bits per heavy atom. The van der Waals surface area contributed by atoms with Crippen LogP contribution in [0.4, 0.5) is 18.9 Å². The van der Waals surface area contributed by atoms with Crippen LogP contribution >= 0.6 is 15.9 Å².